The van der Waals surface area contributed by atoms with Gasteiger partial charge in [0.2, 0.25) is 0 Å². The lowest BCUT2D eigenvalue weighted by Crippen LogP contribution is -2.37. The highest BCUT2D eigenvalue weighted by molar-refractivity contribution is 5.79. The maximum atomic E-state index is 6.04. The van der Waals surface area contributed by atoms with Crippen molar-refractivity contribution in [3.8, 4) is 18.1 Å². The zero-order chi connectivity index (χ0) is 16.5. The van der Waals surface area contributed by atoms with E-state index in [0.717, 1.165) is 30.9 Å². The van der Waals surface area contributed by atoms with Gasteiger partial charge in [-0.1, -0.05) is 18.1 Å². The van der Waals surface area contributed by atoms with E-state index < -0.39 is 0 Å². The molecule has 0 amide bonds. The highest BCUT2D eigenvalue weighted by atomic mass is 16.5. The molecular formula is C18H25N3O2. The Labute approximate surface area is 138 Å². The van der Waals surface area contributed by atoms with Crippen LogP contribution in [0.15, 0.2) is 23.2 Å². The second kappa shape index (κ2) is 9.06. The molecule has 1 atom stereocenters. The largest absolute Gasteiger partial charge is 0.493 e. The summed E-state index contributed by atoms with van der Waals surface area (Å²) in [5.41, 5.74) is 2.28. The van der Waals surface area contributed by atoms with Crippen molar-refractivity contribution in [3.63, 3.8) is 0 Å². The molecule has 1 unspecified atom stereocenters. The first-order chi connectivity index (χ1) is 11.2. The Kier molecular flexibility index (Phi) is 6.76. The maximum Gasteiger partial charge on any atom is 0.192 e. The first-order valence-corrected chi connectivity index (χ1v) is 7.91. The molecule has 0 saturated carbocycles. The fraction of sp³-hybridized carbons (Fsp3) is 0.500. The van der Waals surface area contributed by atoms with Crippen LogP contribution < -0.4 is 15.4 Å². The molecule has 1 heterocycles. The number of nitrogens with one attached hydrogen (secondary N) is 2. The second-order valence-electron chi connectivity index (χ2n) is 5.64. The van der Waals surface area contributed by atoms with Gasteiger partial charge >= 0.3 is 0 Å². The minimum absolute atomic E-state index is 0.443. The third-order valence-corrected chi connectivity index (χ3v) is 3.75. The molecule has 1 aromatic carbocycles. The SMILES string of the molecule is C#CCNC(=NC)NCc1ccc(C)cc1OCC1CCOC1. The number of hydrogen-bond donors (Lipinski definition) is 2. The van der Waals surface area contributed by atoms with Crippen LogP contribution in [0, 0.1) is 25.2 Å². The van der Waals surface area contributed by atoms with Crippen LogP contribution in [-0.4, -0.2) is 39.4 Å². The van der Waals surface area contributed by atoms with Crippen molar-refractivity contribution in [3.05, 3.63) is 29.3 Å². The summed E-state index contributed by atoms with van der Waals surface area (Å²) >= 11 is 0. The van der Waals surface area contributed by atoms with E-state index in [1.807, 2.05) is 0 Å². The van der Waals surface area contributed by atoms with Crippen molar-refractivity contribution < 1.29 is 9.47 Å². The van der Waals surface area contributed by atoms with Gasteiger partial charge < -0.3 is 20.1 Å². The quantitative estimate of drug-likeness (QED) is 0.477. The fourth-order valence-electron chi connectivity index (χ4n) is 2.40. The molecule has 1 fully saturated rings. The summed E-state index contributed by atoms with van der Waals surface area (Å²) in [5.74, 6) is 4.61. The third-order valence-electron chi connectivity index (χ3n) is 3.75. The highest BCUT2D eigenvalue weighted by Gasteiger charge is 2.17. The number of ether oxygens (including phenoxy) is 2. The summed E-state index contributed by atoms with van der Waals surface area (Å²) in [7, 11) is 1.72. The molecular weight excluding hydrogens is 290 g/mol. The monoisotopic (exact) mass is 315 g/mol. The standard InChI is InChI=1S/C18H25N3O2/c1-4-8-20-18(19-3)21-11-16-6-5-14(2)10-17(16)23-13-15-7-9-22-12-15/h1,5-6,10,15H,7-9,11-13H2,2-3H3,(H2,19,20,21). The predicted octanol–water partition coefficient (Wildman–Crippen LogP) is 1.71. The molecule has 1 saturated heterocycles. The molecule has 2 rings (SSSR count). The van der Waals surface area contributed by atoms with Crippen molar-refractivity contribution in [2.75, 3.05) is 33.4 Å². The molecule has 0 bridgehead atoms. The zero-order valence-corrected chi connectivity index (χ0v) is 13.9. The lowest BCUT2D eigenvalue weighted by atomic mass is 10.1. The van der Waals surface area contributed by atoms with E-state index in [-0.39, 0.29) is 0 Å². The number of aryl methyl sites for hydroxylation is 1. The van der Waals surface area contributed by atoms with Gasteiger partial charge in [-0.2, -0.15) is 0 Å². The van der Waals surface area contributed by atoms with Gasteiger partial charge in [-0.25, -0.2) is 0 Å². The first kappa shape index (κ1) is 17.2. The van der Waals surface area contributed by atoms with Crippen LogP contribution in [0.25, 0.3) is 0 Å². The van der Waals surface area contributed by atoms with Gasteiger partial charge in [0.1, 0.15) is 5.75 Å². The molecule has 23 heavy (non-hydrogen) atoms. The Hall–Kier alpha value is -2.19. The second-order valence-corrected chi connectivity index (χ2v) is 5.64. The summed E-state index contributed by atoms with van der Waals surface area (Å²) in [6, 6.07) is 6.24. The molecule has 2 N–H and O–H groups in total. The Balaban J connectivity index is 1.95. The minimum atomic E-state index is 0.443. The van der Waals surface area contributed by atoms with E-state index in [1.165, 1.54) is 5.56 Å². The molecule has 0 aromatic heterocycles. The molecule has 124 valence electrons. The molecule has 5 heteroatoms. The summed E-state index contributed by atoms with van der Waals surface area (Å²) in [5, 5.41) is 6.29. The van der Waals surface area contributed by atoms with Crippen LogP contribution in [0.3, 0.4) is 0 Å². The maximum absolute atomic E-state index is 6.04. The van der Waals surface area contributed by atoms with Crippen molar-refractivity contribution in [1.29, 1.82) is 0 Å². The average Bonchev–Trinajstić information content (AvgIpc) is 3.08. The van der Waals surface area contributed by atoms with Crippen LogP contribution in [0.5, 0.6) is 5.75 Å². The number of aliphatic imine (C=N–C) groups is 1. The molecule has 1 aliphatic rings. The van der Waals surface area contributed by atoms with E-state index in [0.29, 0.717) is 31.6 Å². The lowest BCUT2D eigenvalue weighted by molar-refractivity contribution is 0.166. The van der Waals surface area contributed by atoms with Gasteiger partial charge in [-0.05, 0) is 25.0 Å². The van der Waals surface area contributed by atoms with Gasteiger partial charge in [0.25, 0.3) is 0 Å². The summed E-state index contributed by atoms with van der Waals surface area (Å²) < 4.78 is 11.4. The number of nitrogens with zero attached hydrogens (tertiary/aromatic N) is 1. The number of terminal acetylenes is 1. The van der Waals surface area contributed by atoms with E-state index in [2.05, 4.69) is 46.7 Å². The molecule has 0 spiro atoms. The number of benzene rings is 1. The Morgan fingerprint density at radius 3 is 3.04 bits per heavy atom. The van der Waals surface area contributed by atoms with Crippen LogP contribution >= 0.6 is 0 Å². The molecule has 0 aliphatic carbocycles. The van der Waals surface area contributed by atoms with Gasteiger partial charge in [0.15, 0.2) is 5.96 Å². The summed E-state index contributed by atoms with van der Waals surface area (Å²) in [6.07, 6.45) is 6.32. The van der Waals surface area contributed by atoms with E-state index >= 15 is 0 Å². The van der Waals surface area contributed by atoms with E-state index in [9.17, 15) is 0 Å². The zero-order valence-electron chi connectivity index (χ0n) is 13.9. The topological polar surface area (TPSA) is 54.9 Å². The smallest absolute Gasteiger partial charge is 0.192 e. The predicted molar refractivity (Wildman–Crippen MR) is 92.6 cm³/mol. The van der Waals surface area contributed by atoms with Crippen molar-refractivity contribution in [2.24, 2.45) is 10.9 Å². The van der Waals surface area contributed by atoms with Gasteiger partial charge in [0.05, 0.1) is 19.8 Å². The van der Waals surface area contributed by atoms with Crippen molar-refractivity contribution >= 4 is 5.96 Å². The molecule has 1 aromatic rings. The molecule has 5 nitrogen and oxygen atoms in total. The Morgan fingerprint density at radius 2 is 2.35 bits per heavy atom. The first-order valence-electron chi connectivity index (χ1n) is 7.91. The van der Waals surface area contributed by atoms with Gasteiger partial charge in [-0.15, -0.1) is 6.42 Å². The normalized spacial score (nSPS) is 17.6. The third kappa shape index (κ3) is 5.50. The molecule has 0 radical (unpaired) electrons. The van der Waals surface area contributed by atoms with Gasteiger partial charge in [-0.3, -0.25) is 4.99 Å². The number of rotatable bonds is 6. The minimum Gasteiger partial charge on any atom is -0.493 e. The van der Waals surface area contributed by atoms with Crippen LogP contribution in [-0.2, 0) is 11.3 Å². The van der Waals surface area contributed by atoms with Crippen LogP contribution in [0.2, 0.25) is 0 Å². The number of hydrogen-bond acceptors (Lipinski definition) is 3. The lowest BCUT2D eigenvalue weighted by Gasteiger charge is -2.16. The summed E-state index contributed by atoms with van der Waals surface area (Å²) in [6.45, 7) is 5.46. The molecule has 1 aliphatic heterocycles. The van der Waals surface area contributed by atoms with Gasteiger partial charge in [0, 0.05) is 31.7 Å². The number of guanidine groups is 1. The Bertz CT molecular complexity index is 572. The van der Waals surface area contributed by atoms with Crippen LogP contribution in [0.1, 0.15) is 17.5 Å². The Morgan fingerprint density at radius 1 is 1.48 bits per heavy atom. The van der Waals surface area contributed by atoms with Crippen molar-refractivity contribution in [2.45, 2.75) is 19.9 Å². The average molecular weight is 315 g/mol. The van der Waals surface area contributed by atoms with E-state index in [4.69, 9.17) is 15.9 Å². The van der Waals surface area contributed by atoms with E-state index in [1.54, 1.807) is 7.05 Å². The van der Waals surface area contributed by atoms with Crippen LogP contribution in [0.4, 0.5) is 0 Å². The fourth-order valence-corrected chi connectivity index (χ4v) is 2.40. The highest BCUT2D eigenvalue weighted by Crippen LogP contribution is 2.22. The van der Waals surface area contributed by atoms with Crippen molar-refractivity contribution in [1.82, 2.24) is 10.6 Å². The summed E-state index contributed by atoms with van der Waals surface area (Å²) in [4.78, 5) is 4.14.